The molecule has 1 unspecified atom stereocenters. The Morgan fingerprint density at radius 1 is 1.27 bits per heavy atom. The SMILES string of the molecule is CCC(c1cccnc1)N(C)S(=O)(=O)Cc1cccc(Cl)c1. The van der Waals surface area contributed by atoms with Crippen LogP contribution in [0.3, 0.4) is 0 Å². The van der Waals surface area contributed by atoms with E-state index in [0.717, 1.165) is 5.56 Å². The Balaban J connectivity index is 2.24. The highest BCUT2D eigenvalue weighted by Crippen LogP contribution is 2.26. The number of benzene rings is 1. The number of hydrogen-bond acceptors (Lipinski definition) is 3. The van der Waals surface area contributed by atoms with Gasteiger partial charge in [0.2, 0.25) is 10.0 Å². The largest absolute Gasteiger partial charge is 0.264 e. The smallest absolute Gasteiger partial charge is 0.218 e. The molecule has 6 heteroatoms. The first-order valence-corrected chi connectivity index (χ1v) is 9.03. The predicted octanol–water partition coefficient (Wildman–Crippen LogP) is 3.65. The first kappa shape index (κ1) is 16.9. The Labute approximate surface area is 136 Å². The summed E-state index contributed by atoms with van der Waals surface area (Å²) in [5, 5.41) is 0.537. The third-order valence-electron chi connectivity index (χ3n) is 3.57. The molecule has 0 amide bonds. The normalized spacial score (nSPS) is 13.3. The maximum Gasteiger partial charge on any atom is 0.218 e. The van der Waals surface area contributed by atoms with Gasteiger partial charge in [0, 0.05) is 24.5 Å². The molecule has 0 aliphatic carbocycles. The fourth-order valence-corrected chi connectivity index (χ4v) is 4.08. The predicted molar refractivity (Wildman–Crippen MR) is 89.1 cm³/mol. The van der Waals surface area contributed by atoms with Gasteiger partial charge >= 0.3 is 0 Å². The van der Waals surface area contributed by atoms with E-state index < -0.39 is 10.0 Å². The second-order valence-electron chi connectivity index (χ2n) is 5.11. The number of aromatic nitrogens is 1. The van der Waals surface area contributed by atoms with Gasteiger partial charge in [0.25, 0.3) is 0 Å². The molecule has 4 nitrogen and oxygen atoms in total. The van der Waals surface area contributed by atoms with E-state index >= 15 is 0 Å². The van der Waals surface area contributed by atoms with Gasteiger partial charge < -0.3 is 0 Å². The molecule has 22 heavy (non-hydrogen) atoms. The van der Waals surface area contributed by atoms with Crippen LogP contribution in [0.5, 0.6) is 0 Å². The number of hydrogen-bond donors (Lipinski definition) is 0. The van der Waals surface area contributed by atoms with Gasteiger partial charge in [0.15, 0.2) is 0 Å². The maximum absolute atomic E-state index is 12.6. The van der Waals surface area contributed by atoms with Crippen LogP contribution in [0.25, 0.3) is 0 Å². The van der Waals surface area contributed by atoms with Gasteiger partial charge in [-0.05, 0) is 35.7 Å². The summed E-state index contributed by atoms with van der Waals surface area (Å²) in [6.45, 7) is 1.96. The molecule has 1 aromatic carbocycles. The zero-order valence-electron chi connectivity index (χ0n) is 12.6. The number of nitrogens with zero attached hydrogens (tertiary/aromatic N) is 2. The van der Waals surface area contributed by atoms with Crippen molar-refractivity contribution in [2.75, 3.05) is 7.05 Å². The summed E-state index contributed by atoms with van der Waals surface area (Å²) < 4.78 is 26.7. The molecule has 0 aliphatic rings. The van der Waals surface area contributed by atoms with Crippen LogP contribution < -0.4 is 0 Å². The molecule has 0 saturated carbocycles. The summed E-state index contributed by atoms with van der Waals surface area (Å²) in [7, 11) is -1.83. The van der Waals surface area contributed by atoms with Crippen molar-refractivity contribution in [2.24, 2.45) is 0 Å². The summed E-state index contributed by atoms with van der Waals surface area (Å²) in [5.41, 5.74) is 1.57. The average molecular weight is 339 g/mol. The molecule has 0 N–H and O–H groups in total. The second kappa shape index (κ2) is 7.22. The quantitative estimate of drug-likeness (QED) is 0.807. The molecule has 2 rings (SSSR count). The van der Waals surface area contributed by atoms with Crippen molar-refractivity contribution in [1.82, 2.24) is 9.29 Å². The van der Waals surface area contributed by atoms with Crippen molar-refractivity contribution in [3.8, 4) is 0 Å². The van der Waals surface area contributed by atoms with E-state index in [0.29, 0.717) is 17.0 Å². The summed E-state index contributed by atoms with van der Waals surface area (Å²) in [5.74, 6) is -0.0686. The topological polar surface area (TPSA) is 50.3 Å². The van der Waals surface area contributed by atoms with Crippen LogP contribution in [-0.4, -0.2) is 24.8 Å². The lowest BCUT2D eigenvalue weighted by molar-refractivity contribution is 0.366. The highest BCUT2D eigenvalue weighted by Gasteiger charge is 2.26. The van der Waals surface area contributed by atoms with Gasteiger partial charge in [-0.25, -0.2) is 8.42 Å². The van der Waals surface area contributed by atoms with Crippen LogP contribution in [0.2, 0.25) is 5.02 Å². The van der Waals surface area contributed by atoms with Crippen LogP contribution in [0, 0.1) is 0 Å². The van der Waals surface area contributed by atoms with E-state index in [2.05, 4.69) is 4.98 Å². The van der Waals surface area contributed by atoms with Crippen molar-refractivity contribution in [3.05, 3.63) is 64.9 Å². The van der Waals surface area contributed by atoms with Gasteiger partial charge in [-0.2, -0.15) is 4.31 Å². The minimum absolute atomic E-state index is 0.0686. The molecule has 0 bridgehead atoms. The molecule has 0 radical (unpaired) electrons. The number of pyridine rings is 1. The van der Waals surface area contributed by atoms with Crippen molar-refractivity contribution in [3.63, 3.8) is 0 Å². The molecular weight excluding hydrogens is 320 g/mol. The summed E-state index contributed by atoms with van der Waals surface area (Å²) >= 11 is 5.92. The first-order chi connectivity index (χ1) is 10.4. The number of sulfonamides is 1. The van der Waals surface area contributed by atoms with E-state index in [4.69, 9.17) is 11.6 Å². The van der Waals surface area contributed by atoms with Crippen molar-refractivity contribution in [1.29, 1.82) is 0 Å². The fraction of sp³-hybridized carbons (Fsp3) is 0.312. The van der Waals surface area contributed by atoms with Crippen LogP contribution >= 0.6 is 11.6 Å². The minimum Gasteiger partial charge on any atom is -0.264 e. The third kappa shape index (κ3) is 4.06. The van der Waals surface area contributed by atoms with Crippen LogP contribution in [0.15, 0.2) is 48.8 Å². The average Bonchev–Trinajstić information content (AvgIpc) is 2.48. The van der Waals surface area contributed by atoms with Gasteiger partial charge in [-0.15, -0.1) is 0 Å². The lowest BCUT2D eigenvalue weighted by atomic mass is 10.1. The minimum atomic E-state index is -3.44. The monoisotopic (exact) mass is 338 g/mol. The molecule has 118 valence electrons. The van der Waals surface area contributed by atoms with Gasteiger partial charge in [-0.3, -0.25) is 4.98 Å². The molecule has 2 aromatic rings. The van der Waals surface area contributed by atoms with Crippen molar-refractivity contribution >= 4 is 21.6 Å². The zero-order chi connectivity index (χ0) is 16.2. The molecule has 0 fully saturated rings. The van der Waals surface area contributed by atoms with E-state index in [-0.39, 0.29) is 11.8 Å². The summed E-state index contributed by atoms with van der Waals surface area (Å²) in [4.78, 5) is 4.07. The van der Waals surface area contributed by atoms with E-state index in [1.165, 1.54) is 4.31 Å². The van der Waals surface area contributed by atoms with Gasteiger partial charge in [-0.1, -0.05) is 36.7 Å². The standard InChI is InChI=1S/C16H19ClN2O2S/c1-3-16(14-7-5-9-18-11-14)19(2)22(20,21)12-13-6-4-8-15(17)10-13/h4-11,16H,3,12H2,1-2H3. The lowest BCUT2D eigenvalue weighted by Crippen LogP contribution is -2.32. The number of rotatable bonds is 6. The molecule has 0 spiro atoms. The Kier molecular flexibility index (Phi) is 5.56. The van der Waals surface area contributed by atoms with Crippen molar-refractivity contribution in [2.45, 2.75) is 25.1 Å². The molecule has 0 aliphatic heterocycles. The van der Waals surface area contributed by atoms with Gasteiger partial charge in [0.1, 0.15) is 0 Å². The molecule has 0 saturated heterocycles. The van der Waals surface area contributed by atoms with Crippen LogP contribution in [-0.2, 0) is 15.8 Å². The Hall–Kier alpha value is -1.43. The van der Waals surface area contributed by atoms with E-state index in [1.54, 1.807) is 43.7 Å². The second-order valence-corrected chi connectivity index (χ2v) is 7.58. The van der Waals surface area contributed by atoms with Crippen LogP contribution in [0.1, 0.15) is 30.5 Å². The Bertz CT molecular complexity index is 720. The summed E-state index contributed by atoms with van der Waals surface area (Å²) in [6.07, 6.45) is 4.06. The van der Waals surface area contributed by atoms with E-state index in [1.807, 2.05) is 19.1 Å². The fourth-order valence-electron chi connectivity index (χ4n) is 2.41. The maximum atomic E-state index is 12.6. The zero-order valence-corrected chi connectivity index (χ0v) is 14.2. The number of halogens is 1. The Morgan fingerprint density at radius 3 is 2.64 bits per heavy atom. The molecule has 1 heterocycles. The highest BCUT2D eigenvalue weighted by molar-refractivity contribution is 7.88. The molecule has 1 atom stereocenters. The van der Waals surface area contributed by atoms with E-state index in [9.17, 15) is 8.42 Å². The highest BCUT2D eigenvalue weighted by atomic mass is 35.5. The van der Waals surface area contributed by atoms with Crippen LogP contribution in [0.4, 0.5) is 0 Å². The van der Waals surface area contributed by atoms with Crippen molar-refractivity contribution < 1.29 is 8.42 Å². The molecule has 1 aromatic heterocycles. The van der Waals surface area contributed by atoms with Gasteiger partial charge in [0.05, 0.1) is 11.8 Å². The molecular formula is C16H19ClN2O2S. The lowest BCUT2D eigenvalue weighted by Gasteiger charge is -2.26. The Morgan fingerprint density at radius 2 is 2.05 bits per heavy atom. The summed E-state index contributed by atoms with van der Waals surface area (Å²) in [6, 6.07) is 10.4. The first-order valence-electron chi connectivity index (χ1n) is 7.04. The third-order valence-corrected chi connectivity index (χ3v) is 5.64.